The number of hydrogen-bond donors (Lipinski definition) is 3. The van der Waals surface area contributed by atoms with Crippen molar-refractivity contribution in [1.29, 1.82) is 0 Å². The highest BCUT2D eigenvalue weighted by molar-refractivity contribution is 6.30. The molecule has 6 heteroatoms. The molecule has 0 spiro atoms. The number of ether oxygens (including phenoxy) is 1. The number of benzene rings is 1. The zero-order valence-corrected chi connectivity index (χ0v) is 9.15. The lowest BCUT2D eigenvalue weighted by atomic mass is 10.3. The van der Waals surface area contributed by atoms with Gasteiger partial charge in [0.05, 0.1) is 6.54 Å². The van der Waals surface area contributed by atoms with Crippen LogP contribution >= 0.6 is 11.6 Å². The van der Waals surface area contributed by atoms with E-state index in [0.717, 1.165) is 0 Å². The predicted octanol–water partition coefficient (Wildman–Crippen LogP) is 1.35. The van der Waals surface area contributed by atoms with E-state index in [9.17, 15) is 9.90 Å². The topological polar surface area (TPSA) is 78.8 Å². The molecule has 0 aliphatic rings. The van der Waals surface area contributed by atoms with E-state index in [4.69, 9.17) is 21.4 Å². The first-order chi connectivity index (χ1) is 7.58. The van der Waals surface area contributed by atoms with Crippen LogP contribution in [0.25, 0.3) is 0 Å². The maximum absolute atomic E-state index is 10.1. The number of carbonyl (C=O) groups is 1. The van der Waals surface area contributed by atoms with Crippen LogP contribution < -0.4 is 10.1 Å². The van der Waals surface area contributed by atoms with Gasteiger partial charge in [-0.3, -0.25) is 0 Å². The summed E-state index contributed by atoms with van der Waals surface area (Å²) < 4.78 is 5.21. The molecule has 0 aromatic heterocycles. The van der Waals surface area contributed by atoms with E-state index in [1.807, 2.05) is 0 Å². The van der Waals surface area contributed by atoms with Crippen molar-refractivity contribution < 1.29 is 19.7 Å². The third kappa shape index (κ3) is 4.86. The lowest BCUT2D eigenvalue weighted by Crippen LogP contribution is -2.34. The lowest BCUT2D eigenvalue weighted by molar-refractivity contribution is 0.104. The number of rotatable bonds is 5. The Bertz CT molecular complexity index is 341. The van der Waals surface area contributed by atoms with E-state index in [-0.39, 0.29) is 13.2 Å². The summed E-state index contributed by atoms with van der Waals surface area (Å²) in [7, 11) is 0. The molecule has 1 rings (SSSR count). The van der Waals surface area contributed by atoms with Crippen LogP contribution in [0, 0.1) is 0 Å². The molecule has 0 heterocycles. The van der Waals surface area contributed by atoms with Crippen molar-refractivity contribution in [3.63, 3.8) is 0 Å². The van der Waals surface area contributed by atoms with Crippen LogP contribution in [0.4, 0.5) is 4.79 Å². The number of amides is 1. The first-order valence-electron chi connectivity index (χ1n) is 4.61. The van der Waals surface area contributed by atoms with Gasteiger partial charge in [-0.05, 0) is 24.3 Å². The summed E-state index contributed by atoms with van der Waals surface area (Å²) in [6.07, 6.45) is -2.06. The first kappa shape index (κ1) is 12.6. The normalized spacial score (nSPS) is 11.9. The van der Waals surface area contributed by atoms with E-state index in [2.05, 4.69) is 5.32 Å². The highest BCUT2D eigenvalue weighted by Gasteiger charge is 2.06. The molecule has 1 aromatic carbocycles. The van der Waals surface area contributed by atoms with E-state index >= 15 is 0 Å². The number of halogens is 1. The molecule has 88 valence electrons. The summed E-state index contributed by atoms with van der Waals surface area (Å²) in [4.78, 5) is 10.1. The minimum absolute atomic E-state index is 0.0158. The maximum Gasteiger partial charge on any atom is 0.404 e. The Balaban J connectivity index is 2.28. The van der Waals surface area contributed by atoms with Gasteiger partial charge in [0.15, 0.2) is 0 Å². The Labute approximate surface area is 97.6 Å². The zero-order valence-electron chi connectivity index (χ0n) is 8.39. The second kappa shape index (κ2) is 6.19. The molecule has 1 amide bonds. The maximum atomic E-state index is 10.1. The van der Waals surface area contributed by atoms with Gasteiger partial charge in [0, 0.05) is 5.02 Å². The van der Waals surface area contributed by atoms with Crippen molar-refractivity contribution in [3.05, 3.63) is 29.3 Å². The standard InChI is InChI=1S/C10H12ClNO4/c11-7-1-3-9(4-2-7)16-6-8(13)5-12-10(14)15/h1-4,8,12-13H,5-6H2,(H,14,15). The van der Waals surface area contributed by atoms with Gasteiger partial charge < -0.3 is 20.3 Å². The zero-order chi connectivity index (χ0) is 12.0. The van der Waals surface area contributed by atoms with Crippen molar-refractivity contribution in [2.75, 3.05) is 13.2 Å². The predicted molar refractivity (Wildman–Crippen MR) is 59.0 cm³/mol. The second-order valence-corrected chi connectivity index (χ2v) is 3.54. The summed E-state index contributed by atoms with van der Waals surface area (Å²) >= 11 is 5.68. The van der Waals surface area contributed by atoms with Crippen molar-refractivity contribution in [2.24, 2.45) is 0 Å². The van der Waals surface area contributed by atoms with Gasteiger partial charge in [-0.1, -0.05) is 11.6 Å². The van der Waals surface area contributed by atoms with Crippen molar-refractivity contribution in [3.8, 4) is 5.75 Å². The van der Waals surface area contributed by atoms with Crippen molar-refractivity contribution in [2.45, 2.75) is 6.10 Å². The third-order valence-corrected chi connectivity index (χ3v) is 2.00. The van der Waals surface area contributed by atoms with Gasteiger partial charge in [0.1, 0.15) is 18.5 Å². The molecule has 5 nitrogen and oxygen atoms in total. The van der Waals surface area contributed by atoms with Gasteiger partial charge in [-0.25, -0.2) is 4.79 Å². The Hall–Kier alpha value is -1.46. The van der Waals surface area contributed by atoms with Gasteiger partial charge in [0.2, 0.25) is 0 Å². The molecule has 0 radical (unpaired) electrons. The highest BCUT2D eigenvalue weighted by atomic mass is 35.5. The fourth-order valence-corrected chi connectivity index (χ4v) is 1.11. The molecule has 1 aromatic rings. The summed E-state index contributed by atoms with van der Waals surface area (Å²) in [5, 5.41) is 20.3. The molecule has 0 aliphatic carbocycles. The van der Waals surface area contributed by atoms with E-state index in [0.29, 0.717) is 10.8 Å². The molecule has 0 fully saturated rings. The van der Waals surface area contributed by atoms with Gasteiger partial charge >= 0.3 is 6.09 Å². The SMILES string of the molecule is O=C(O)NCC(O)COc1ccc(Cl)cc1. The Morgan fingerprint density at radius 3 is 2.62 bits per heavy atom. The van der Waals surface area contributed by atoms with Crippen LogP contribution in [-0.2, 0) is 0 Å². The van der Waals surface area contributed by atoms with E-state index in [1.165, 1.54) is 0 Å². The molecular formula is C10H12ClNO4. The van der Waals surface area contributed by atoms with Crippen LogP contribution in [-0.4, -0.2) is 35.6 Å². The quantitative estimate of drug-likeness (QED) is 0.732. The fourth-order valence-electron chi connectivity index (χ4n) is 0.987. The average Bonchev–Trinajstić information content (AvgIpc) is 2.25. The third-order valence-electron chi connectivity index (χ3n) is 1.74. The largest absolute Gasteiger partial charge is 0.491 e. The fraction of sp³-hybridized carbons (Fsp3) is 0.300. The van der Waals surface area contributed by atoms with Crippen LogP contribution in [0.15, 0.2) is 24.3 Å². The van der Waals surface area contributed by atoms with Crippen LogP contribution in [0.5, 0.6) is 5.75 Å². The Morgan fingerprint density at radius 2 is 2.06 bits per heavy atom. The van der Waals surface area contributed by atoms with Crippen LogP contribution in [0.2, 0.25) is 5.02 Å². The van der Waals surface area contributed by atoms with Gasteiger partial charge in [0.25, 0.3) is 0 Å². The molecular weight excluding hydrogens is 234 g/mol. The van der Waals surface area contributed by atoms with Crippen molar-refractivity contribution in [1.82, 2.24) is 5.32 Å². The average molecular weight is 246 g/mol. The molecule has 0 saturated carbocycles. The second-order valence-electron chi connectivity index (χ2n) is 3.10. The van der Waals surface area contributed by atoms with Crippen LogP contribution in [0.1, 0.15) is 0 Å². The highest BCUT2D eigenvalue weighted by Crippen LogP contribution is 2.15. The van der Waals surface area contributed by atoms with Gasteiger partial charge in [-0.15, -0.1) is 0 Å². The van der Waals surface area contributed by atoms with E-state index in [1.54, 1.807) is 24.3 Å². The summed E-state index contributed by atoms with van der Waals surface area (Å²) in [6.45, 7) is -0.0508. The molecule has 3 N–H and O–H groups in total. The first-order valence-corrected chi connectivity index (χ1v) is 4.99. The molecule has 0 bridgehead atoms. The minimum atomic E-state index is -1.18. The number of carboxylic acid groups (broad SMARTS) is 1. The van der Waals surface area contributed by atoms with E-state index < -0.39 is 12.2 Å². The van der Waals surface area contributed by atoms with Crippen molar-refractivity contribution >= 4 is 17.7 Å². The lowest BCUT2D eigenvalue weighted by Gasteiger charge is -2.11. The smallest absolute Gasteiger partial charge is 0.404 e. The minimum Gasteiger partial charge on any atom is -0.491 e. The summed E-state index contributed by atoms with van der Waals surface area (Å²) in [6, 6.07) is 6.66. The molecule has 1 unspecified atom stereocenters. The number of nitrogens with one attached hydrogen (secondary N) is 1. The van der Waals surface area contributed by atoms with Gasteiger partial charge in [-0.2, -0.15) is 0 Å². The summed E-state index contributed by atoms with van der Waals surface area (Å²) in [5.74, 6) is 0.568. The summed E-state index contributed by atoms with van der Waals surface area (Å²) in [5.41, 5.74) is 0. The molecule has 0 saturated heterocycles. The molecule has 1 atom stereocenters. The number of aliphatic hydroxyl groups is 1. The Morgan fingerprint density at radius 1 is 1.44 bits per heavy atom. The number of hydrogen-bond acceptors (Lipinski definition) is 3. The number of aliphatic hydroxyl groups excluding tert-OH is 1. The Kier molecular flexibility index (Phi) is 4.88. The monoisotopic (exact) mass is 245 g/mol. The molecule has 16 heavy (non-hydrogen) atoms. The van der Waals surface area contributed by atoms with Crippen LogP contribution in [0.3, 0.4) is 0 Å². The molecule has 0 aliphatic heterocycles.